The average molecular weight is 277 g/mol. The molecule has 1 aromatic carbocycles. The zero-order valence-corrected chi connectivity index (χ0v) is 12.7. The van der Waals surface area contributed by atoms with E-state index in [1.54, 1.807) is 0 Å². The Morgan fingerprint density at radius 2 is 1.90 bits per heavy atom. The highest BCUT2D eigenvalue weighted by atomic mass is 16.5. The SMILES string of the molecule is CCC(C)CN1CCC(O)(COc2ccccc2)CC1. The second kappa shape index (κ2) is 7.09. The molecule has 1 unspecified atom stereocenters. The molecule has 1 aromatic rings. The highest BCUT2D eigenvalue weighted by Gasteiger charge is 2.33. The Balaban J connectivity index is 1.76. The molecule has 20 heavy (non-hydrogen) atoms. The molecular formula is C17H27NO2. The number of hydrogen-bond acceptors (Lipinski definition) is 3. The third kappa shape index (κ3) is 4.50. The van der Waals surface area contributed by atoms with Gasteiger partial charge in [-0.15, -0.1) is 0 Å². The highest BCUT2D eigenvalue weighted by Crippen LogP contribution is 2.24. The van der Waals surface area contributed by atoms with Gasteiger partial charge in [0.05, 0.1) is 0 Å². The Kier molecular flexibility index (Phi) is 5.44. The van der Waals surface area contributed by atoms with E-state index < -0.39 is 5.60 Å². The summed E-state index contributed by atoms with van der Waals surface area (Å²) in [5.41, 5.74) is -0.665. The molecule has 0 aliphatic carbocycles. The van der Waals surface area contributed by atoms with Gasteiger partial charge in [0.1, 0.15) is 18.0 Å². The van der Waals surface area contributed by atoms with Crippen molar-refractivity contribution in [1.29, 1.82) is 0 Å². The van der Waals surface area contributed by atoms with Gasteiger partial charge in [-0.3, -0.25) is 0 Å². The summed E-state index contributed by atoms with van der Waals surface area (Å²) in [6.07, 6.45) is 2.82. The quantitative estimate of drug-likeness (QED) is 0.868. The molecule has 112 valence electrons. The number of ether oxygens (including phenoxy) is 1. The van der Waals surface area contributed by atoms with Crippen molar-refractivity contribution in [2.45, 2.75) is 38.7 Å². The van der Waals surface area contributed by atoms with Crippen molar-refractivity contribution in [3.8, 4) is 5.75 Å². The average Bonchev–Trinajstić information content (AvgIpc) is 2.49. The first-order valence-electron chi connectivity index (χ1n) is 7.74. The predicted molar refractivity (Wildman–Crippen MR) is 82.0 cm³/mol. The molecule has 3 heteroatoms. The molecule has 0 spiro atoms. The van der Waals surface area contributed by atoms with E-state index in [4.69, 9.17) is 4.74 Å². The van der Waals surface area contributed by atoms with E-state index in [1.807, 2.05) is 30.3 Å². The minimum atomic E-state index is -0.665. The first-order valence-corrected chi connectivity index (χ1v) is 7.74. The van der Waals surface area contributed by atoms with E-state index in [0.29, 0.717) is 6.61 Å². The van der Waals surface area contributed by atoms with Crippen LogP contribution in [-0.4, -0.2) is 41.8 Å². The van der Waals surface area contributed by atoms with Crippen LogP contribution in [0.1, 0.15) is 33.1 Å². The molecule has 1 aliphatic heterocycles. The van der Waals surface area contributed by atoms with Gasteiger partial charge in [-0.05, 0) is 30.9 Å². The van der Waals surface area contributed by atoms with Crippen molar-refractivity contribution in [2.24, 2.45) is 5.92 Å². The Morgan fingerprint density at radius 1 is 1.25 bits per heavy atom. The fourth-order valence-electron chi connectivity index (χ4n) is 2.60. The van der Waals surface area contributed by atoms with Crippen molar-refractivity contribution < 1.29 is 9.84 Å². The molecule has 1 fully saturated rings. The van der Waals surface area contributed by atoms with E-state index in [1.165, 1.54) is 6.42 Å². The van der Waals surface area contributed by atoms with Gasteiger partial charge >= 0.3 is 0 Å². The van der Waals surface area contributed by atoms with E-state index >= 15 is 0 Å². The molecule has 1 heterocycles. The monoisotopic (exact) mass is 277 g/mol. The van der Waals surface area contributed by atoms with Gasteiger partial charge in [-0.2, -0.15) is 0 Å². The van der Waals surface area contributed by atoms with E-state index in [-0.39, 0.29) is 0 Å². The largest absolute Gasteiger partial charge is 0.491 e. The Morgan fingerprint density at radius 3 is 2.50 bits per heavy atom. The summed E-state index contributed by atoms with van der Waals surface area (Å²) in [6.45, 7) is 8.01. The lowest BCUT2D eigenvalue weighted by Gasteiger charge is -2.38. The zero-order valence-electron chi connectivity index (χ0n) is 12.7. The van der Waals surface area contributed by atoms with E-state index in [9.17, 15) is 5.11 Å². The molecule has 0 aromatic heterocycles. The lowest BCUT2D eigenvalue weighted by molar-refractivity contribution is -0.0540. The minimum Gasteiger partial charge on any atom is -0.491 e. The first-order chi connectivity index (χ1) is 9.61. The van der Waals surface area contributed by atoms with Crippen molar-refractivity contribution in [3.63, 3.8) is 0 Å². The van der Waals surface area contributed by atoms with Gasteiger partial charge in [0, 0.05) is 19.6 Å². The predicted octanol–water partition coefficient (Wildman–Crippen LogP) is 2.94. The van der Waals surface area contributed by atoms with Gasteiger partial charge in [0.15, 0.2) is 0 Å². The number of likely N-dealkylation sites (tertiary alicyclic amines) is 1. The third-order valence-corrected chi connectivity index (χ3v) is 4.30. The molecule has 3 nitrogen and oxygen atoms in total. The fourth-order valence-corrected chi connectivity index (χ4v) is 2.60. The number of para-hydroxylation sites is 1. The summed E-state index contributed by atoms with van der Waals surface area (Å²) in [4.78, 5) is 2.46. The van der Waals surface area contributed by atoms with Crippen LogP contribution in [0.15, 0.2) is 30.3 Å². The van der Waals surface area contributed by atoms with Crippen LogP contribution in [0.3, 0.4) is 0 Å². The lowest BCUT2D eigenvalue weighted by Crippen LogP contribution is -2.48. The van der Waals surface area contributed by atoms with Gasteiger partial charge in [0.2, 0.25) is 0 Å². The zero-order chi connectivity index (χ0) is 14.4. The van der Waals surface area contributed by atoms with Crippen LogP contribution in [0.25, 0.3) is 0 Å². The van der Waals surface area contributed by atoms with Gasteiger partial charge in [-0.25, -0.2) is 0 Å². The van der Waals surface area contributed by atoms with E-state index in [0.717, 1.165) is 44.1 Å². The maximum absolute atomic E-state index is 10.6. The summed E-state index contributed by atoms with van der Waals surface area (Å²) in [6, 6.07) is 9.74. The molecule has 1 N–H and O–H groups in total. The number of piperidine rings is 1. The fraction of sp³-hybridized carbons (Fsp3) is 0.647. The maximum atomic E-state index is 10.6. The second-order valence-electron chi connectivity index (χ2n) is 6.14. The highest BCUT2D eigenvalue weighted by molar-refractivity contribution is 5.21. The van der Waals surface area contributed by atoms with Crippen molar-refractivity contribution in [3.05, 3.63) is 30.3 Å². The summed E-state index contributed by atoms with van der Waals surface area (Å²) in [5.74, 6) is 1.57. The molecule has 0 saturated carbocycles. The smallest absolute Gasteiger partial charge is 0.119 e. The van der Waals surface area contributed by atoms with Crippen LogP contribution < -0.4 is 4.74 Å². The van der Waals surface area contributed by atoms with Crippen LogP contribution in [-0.2, 0) is 0 Å². The molecule has 0 bridgehead atoms. The minimum absolute atomic E-state index is 0.397. The first kappa shape index (κ1) is 15.3. The topological polar surface area (TPSA) is 32.7 Å². The number of nitrogens with zero attached hydrogens (tertiary/aromatic N) is 1. The third-order valence-electron chi connectivity index (χ3n) is 4.30. The van der Waals surface area contributed by atoms with Crippen LogP contribution in [0.5, 0.6) is 5.75 Å². The summed E-state index contributed by atoms with van der Waals surface area (Å²) in [5, 5.41) is 10.6. The second-order valence-corrected chi connectivity index (χ2v) is 6.14. The molecule has 2 rings (SSSR count). The van der Waals surface area contributed by atoms with Crippen LogP contribution >= 0.6 is 0 Å². The van der Waals surface area contributed by atoms with Gasteiger partial charge < -0.3 is 14.7 Å². The molecule has 0 radical (unpaired) electrons. The van der Waals surface area contributed by atoms with Gasteiger partial charge in [-0.1, -0.05) is 38.5 Å². The maximum Gasteiger partial charge on any atom is 0.119 e. The molecule has 1 atom stereocenters. The summed E-state index contributed by atoms with van der Waals surface area (Å²) < 4.78 is 5.72. The lowest BCUT2D eigenvalue weighted by atomic mass is 9.91. The van der Waals surface area contributed by atoms with Crippen molar-refractivity contribution >= 4 is 0 Å². The Bertz CT molecular complexity index is 385. The number of benzene rings is 1. The summed E-state index contributed by atoms with van der Waals surface area (Å²) >= 11 is 0. The van der Waals surface area contributed by atoms with Crippen molar-refractivity contribution in [1.82, 2.24) is 4.90 Å². The number of rotatable bonds is 6. The Hall–Kier alpha value is -1.06. The van der Waals surface area contributed by atoms with E-state index in [2.05, 4.69) is 18.7 Å². The number of aliphatic hydroxyl groups is 1. The molecule has 1 aliphatic rings. The van der Waals surface area contributed by atoms with Crippen LogP contribution in [0, 0.1) is 5.92 Å². The van der Waals surface area contributed by atoms with Gasteiger partial charge in [0.25, 0.3) is 0 Å². The molecule has 0 amide bonds. The number of hydrogen-bond donors (Lipinski definition) is 1. The van der Waals surface area contributed by atoms with Crippen LogP contribution in [0.2, 0.25) is 0 Å². The molecular weight excluding hydrogens is 250 g/mol. The van der Waals surface area contributed by atoms with Crippen molar-refractivity contribution in [2.75, 3.05) is 26.2 Å². The summed E-state index contributed by atoms with van der Waals surface area (Å²) in [7, 11) is 0. The standard InChI is InChI=1S/C17H27NO2/c1-3-15(2)13-18-11-9-17(19,10-12-18)14-20-16-7-5-4-6-8-16/h4-8,15,19H,3,9-14H2,1-2H3. The Labute approximate surface area is 122 Å². The van der Waals surface area contributed by atoms with Crippen LogP contribution in [0.4, 0.5) is 0 Å². The molecule has 1 saturated heterocycles. The normalized spacial score (nSPS) is 20.6.